The zero-order valence-electron chi connectivity index (χ0n) is 21.7. The lowest BCUT2D eigenvalue weighted by Crippen LogP contribution is -2.27. The van der Waals surface area contributed by atoms with E-state index in [1.165, 1.54) is 5.56 Å². The van der Waals surface area contributed by atoms with E-state index in [1.807, 2.05) is 48.6 Å². The fourth-order valence-electron chi connectivity index (χ4n) is 3.49. The third-order valence-corrected chi connectivity index (χ3v) is 5.43. The van der Waals surface area contributed by atoms with E-state index in [1.54, 1.807) is 21.3 Å². The van der Waals surface area contributed by atoms with Crippen molar-refractivity contribution in [2.24, 2.45) is 0 Å². The van der Waals surface area contributed by atoms with Crippen molar-refractivity contribution in [3.8, 4) is 11.5 Å². The number of carbonyl (C=O) groups excluding carboxylic acids is 1. The van der Waals surface area contributed by atoms with Crippen molar-refractivity contribution in [1.29, 1.82) is 0 Å². The molecule has 2 aromatic carbocycles. The normalized spacial score (nSPS) is 11.3. The fraction of sp³-hybridized carbons (Fsp3) is 0.370. The first-order valence-electron chi connectivity index (χ1n) is 12.2. The molecule has 1 amide bonds. The van der Waals surface area contributed by atoms with Crippen LogP contribution in [0, 0.1) is 10.1 Å². The number of anilines is 1. The maximum atomic E-state index is 12.0. The summed E-state index contributed by atoms with van der Waals surface area (Å²) in [5.41, 5.74) is 2.85. The zero-order chi connectivity index (χ0) is 26.9. The van der Waals surface area contributed by atoms with Crippen LogP contribution in [0.3, 0.4) is 0 Å². The molecule has 200 valence electrons. The number of carbonyl (C=O) groups is 1. The Morgan fingerprint density at radius 2 is 1.73 bits per heavy atom. The van der Waals surface area contributed by atoms with Gasteiger partial charge in [-0.05, 0) is 67.7 Å². The molecule has 0 aliphatic heterocycles. The summed E-state index contributed by atoms with van der Waals surface area (Å²) < 4.78 is 10.6. The molecule has 0 saturated heterocycles. The first-order chi connectivity index (χ1) is 17.9. The predicted molar refractivity (Wildman–Crippen MR) is 146 cm³/mol. The van der Waals surface area contributed by atoms with Gasteiger partial charge in [0.15, 0.2) is 17.3 Å². The Kier molecular flexibility index (Phi) is 13.1. The molecule has 0 unspecified atom stereocenters. The molecule has 0 heterocycles. The van der Waals surface area contributed by atoms with Gasteiger partial charge in [0.2, 0.25) is 5.91 Å². The molecular formula is C27H37N5O5. The Hall–Kier alpha value is -4.05. The topological polar surface area (TPSA) is 127 Å². The number of amides is 1. The minimum atomic E-state index is -0.527. The highest BCUT2D eigenvalue weighted by atomic mass is 16.6. The van der Waals surface area contributed by atoms with E-state index in [-0.39, 0.29) is 11.7 Å². The Balaban J connectivity index is 1.56. The standard InChI is InChI=1S/C27H37N5O5/c1-28-26(20-32(34)35)31-23-13-10-21(11-14-23)7-4-9-27(33)30-18-6-17-29-16-5-8-22-12-15-24(36-2)25(19-22)37-3/h4,7,10-15,19-20,28-29,31H,5-6,8-9,16-18H2,1-3H3,(H,30,33)/b7-4+,26-20+. The SMILES string of the molecule is CN/C(=C\[N+](=O)[O-])Nc1ccc(/C=C/CC(=O)NCCCNCCCc2ccc(OC)c(OC)c2)cc1. The summed E-state index contributed by atoms with van der Waals surface area (Å²) in [4.78, 5) is 22.1. The average Bonchev–Trinajstić information content (AvgIpc) is 2.90. The van der Waals surface area contributed by atoms with Gasteiger partial charge in [0, 0.05) is 25.7 Å². The summed E-state index contributed by atoms with van der Waals surface area (Å²) in [7, 11) is 4.87. The monoisotopic (exact) mass is 511 g/mol. The molecular weight excluding hydrogens is 474 g/mol. The van der Waals surface area contributed by atoms with Gasteiger partial charge in [-0.2, -0.15) is 0 Å². The molecule has 2 aromatic rings. The van der Waals surface area contributed by atoms with E-state index in [0.29, 0.717) is 18.7 Å². The van der Waals surface area contributed by atoms with Crippen LogP contribution in [0.15, 0.2) is 60.6 Å². The third-order valence-electron chi connectivity index (χ3n) is 5.43. The van der Waals surface area contributed by atoms with Gasteiger partial charge in [-0.15, -0.1) is 0 Å². The highest BCUT2D eigenvalue weighted by molar-refractivity contribution is 5.78. The molecule has 0 aliphatic rings. The quantitative estimate of drug-likeness (QED) is 0.144. The van der Waals surface area contributed by atoms with Gasteiger partial charge in [0.1, 0.15) is 0 Å². The van der Waals surface area contributed by atoms with Gasteiger partial charge in [0.05, 0.1) is 19.1 Å². The lowest BCUT2D eigenvalue weighted by Gasteiger charge is -2.10. The van der Waals surface area contributed by atoms with Crippen LogP contribution in [0.1, 0.15) is 30.4 Å². The molecule has 0 aliphatic carbocycles. The van der Waals surface area contributed by atoms with Crippen LogP contribution in [0.5, 0.6) is 11.5 Å². The van der Waals surface area contributed by atoms with Crippen LogP contribution in [0.4, 0.5) is 5.69 Å². The van der Waals surface area contributed by atoms with Gasteiger partial charge >= 0.3 is 0 Å². The largest absolute Gasteiger partial charge is 0.493 e. The summed E-state index contributed by atoms with van der Waals surface area (Å²) in [5.74, 6) is 1.75. The summed E-state index contributed by atoms with van der Waals surface area (Å²) in [5, 5.41) is 22.6. The molecule has 4 N–H and O–H groups in total. The number of hydrogen-bond acceptors (Lipinski definition) is 8. The van der Waals surface area contributed by atoms with Gasteiger partial charge in [0.25, 0.3) is 6.20 Å². The van der Waals surface area contributed by atoms with Crippen molar-refractivity contribution < 1.29 is 19.2 Å². The summed E-state index contributed by atoms with van der Waals surface area (Å²) in [6, 6.07) is 13.3. The van der Waals surface area contributed by atoms with Crippen LogP contribution < -0.4 is 30.7 Å². The van der Waals surface area contributed by atoms with Gasteiger partial charge in [-0.1, -0.05) is 30.4 Å². The van der Waals surface area contributed by atoms with Gasteiger partial charge < -0.3 is 30.7 Å². The van der Waals surface area contributed by atoms with Crippen molar-refractivity contribution in [2.75, 3.05) is 46.2 Å². The Morgan fingerprint density at radius 1 is 1.00 bits per heavy atom. The molecule has 0 atom stereocenters. The number of nitrogens with zero attached hydrogens (tertiary/aromatic N) is 1. The number of nitro groups is 1. The number of methoxy groups -OCH3 is 2. The van der Waals surface area contributed by atoms with Crippen molar-refractivity contribution in [3.05, 3.63) is 81.8 Å². The van der Waals surface area contributed by atoms with Crippen LogP contribution in [-0.4, -0.2) is 51.7 Å². The highest BCUT2D eigenvalue weighted by Crippen LogP contribution is 2.27. The van der Waals surface area contributed by atoms with E-state index < -0.39 is 4.92 Å². The molecule has 10 heteroatoms. The number of aryl methyl sites for hydroxylation is 1. The highest BCUT2D eigenvalue weighted by Gasteiger charge is 2.04. The zero-order valence-corrected chi connectivity index (χ0v) is 21.7. The van der Waals surface area contributed by atoms with Crippen molar-refractivity contribution in [3.63, 3.8) is 0 Å². The lowest BCUT2D eigenvalue weighted by molar-refractivity contribution is -0.403. The molecule has 0 saturated carbocycles. The molecule has 0 fully saturated rings. The first-order valence-corrected chi connectivity index (χ1v) is 12.2. The Bertz CT molecular complexity index is 1050. The Labute approximate surface area is 218 Å². The average molecular weight is 512 g/mol. The summed E-state index contributed by atoms with van der Waals surface area (Å²) in [6.45, 7) is 2.37. The second kappa shape index (κ2) is 16.6. The van der Waals surface area contributed by atoms with Crippen molar-refractivity contribution >= 4 is 17.7 Å². The van der Waals surface area contributed by atoms with Crippen LogP contribution >= 0.6 is 0 Å². The van der Waals surface area contributed by atoms with Gasteiger partial charge in [-0.25, -0.2) is 0 Å². The van der Waals surface area contributed by atoms with Crippen molar-refractivity contribution in [1.82, 2.24) is 16.0 Å². The number of hydrogen-bond donors (Lipinski definition) is 4. The minimum absolute atomic E-state index is 0.0217. The Morgan fingerprint density at radius 3 is 2.41 bits per heavy atom. The maximum Gasteiger partial charge on any atom is 0.274 e. The summed E-state index contributed by atoms with van der Waals surface area (Å²) >= 11 is 0. The van der Waals surface area contributed by atoms with Crippen LogP contribution in [0.25, 0.3) is 6.08 Å². The molecule has 0 aromatic heterocycles. The van der Waals surface area contributed by atoms with E-state index in [2.05, 4.69) is 27.3 Å². The van der Waals surface area contributed by atoms with Gasteiger partial charge in [-0.3, -0.25) is 14.9 Å². The molecule has 10 nitrogen and oxygen atoms in total. The molecule has 0 bridgehead atoms. The third kappa shape index (κ3) is 11.5. The smallest absolute Gasteiger partial charge is 0.274 e. The molecule has 37 heavy (non-hydrogen) atoms. The minimum Gasteiger partial charge on any atom is -0.493 e. The number of nitrogens with one attached hydrogen (secondary N) is 4. The van der Waals surface area contributed by atoms with E-state index in [4.69, 9.17) is 9.47 Å². The fourth-order valence-corrected chi connectivity index (χ4v) is 3.49. The number of ether oxygens (including phenoxy) is 2. The number of benzene rings is 2. The molecule has 2 rings (SSSR count). The lowest BCUT2D eigenvalue weighted by atomic mass is 10.1. The van der Waals surface area contributed by atoms with E-state index in [9.17, 15) is 14.9 Å². The second-order valence-corrected chi connectivity index (χ2v) is 8.18. The van der Waals surface area contributed by atoms with E-state index in [0.717, 1.165) is 55.6 Å². The van der Waals surface area contributed by atoms with Crippen LogP contribution in [-0.2, 0) is 11.2 Å². The number of rotatable bonds is 17. The van der Waals surface area contributed by atoms with E-state index >= 15 is 0 Å². The molecule has 0 spiro atoms. The van der Waals surface area contributed by atoms with Crippen LogP contribution in [0.2, 0.25) is 0 Å². The second-order valence-electron chi connectivity index (χ2n) is 8.18. The maximum absolute atomic E-state index is 12.0. The molecule has 0 radical (unpaired) electrons. The first kappa shape index (κ1) is 29.2. The van der Waals surface area contributed by atoms with Crippen molar-refractivity contribution in [2.45, 2.75) is 25.7 Å². The predicted octanol–water partition coefficient (Wildman–Crippen LogP) is 3.54. The summed E-state index contributed by atoms with van der Waals surface area (Å²) in [6.07, 6.45) is 7.67.